The molecule has 0 unspecified atom stereocenters. The number of nitrogens with two attached hydrogens (primary N) is 1. The summed E-state index contributed by atoms with van der Waals surface area (Å²) in [5.41, 5.74) is 8.61. The molecule has 1 amide bonds. The zero-order chi connectivity index (χ0) is 15.2. The molecule has 1 aliphatic carbocycles. The molecule has 0 aliphatic heterocycles. The minimum atomic E-state index is -0.0641. The number of fused-ring (bicyclic) bond motifs is 1. The third kappa shape index (κ3) is 4.21. The lowest BCUT2D eigenvalue weighted by molar-refractivity contribution is -0.123. The number of nitrogens with one attached hydrogen (secondary N) is 1. The Bertz CT molecular complexity index is 484. The van der Waals surface area contributed by atoms with Crippen LogP contribution in [0.1, 0.15) is 56.7 Å². The molecule has 21 heavy (non-hydrogen) atoms. The Morgan fingerprint density at radius 1 is 1.43 bits per heavy atom. The fraction of sp³-hybridized carbons (Fsp3) is 0.588. The van der Waals surface area contributed by atoms with E-state index in [4.69, 9.17) is 10.5 Å². The summed E-state index contributed by atoms with van der Waals surface area (Å²) in [6, 6.07) is 6.32. The second kappa shape index (κ2) is 7.46. The van der Waals surface area contributed by atoms with E-state index in [0.29, 0.717) is 0 Å². The number of carbonyl (C=O) groups excluding carboxylic acids is 1. The number of aryl methyl sites for hydroxylation is 1. The highest BCUT2D eigenvalue weighted by molar-refractivity contribution is 5.77. The smallest absolute Gasteiger partial charge is 0.258 e. The summed E-state index contributed by atoms with van der Waals surface area (Å²) in [4.78, 5) is 11.8. The van der Waals surface area contributed by atoms with Gasteiger partial charge in [0.1, 0.15) is 5.75 Å². The number of amides is 1. The molecule has 2 rings (SSSR count). The largest absolute Gasteiger partial charge is 0.484 e. The predicted octanol–water partition coefficient (Wildman–Crippen LogP) is 2.71. The maximum Gasteiger partial charge on any atom is 0.258 e. The van der Waals surface area contributed by atoms with Gasteiger partial charge in [0.25, 0.3) is 5.91 Å². The Labute approximate surface area is 127 Å². The first kappa shape index (κ1) is 15.8. The van der Waals surface area contributed by atoms with Gasteiger partial charge in [0.2, 0.25) is 0 Å². The van der Waals surface area contributed by atoms with Gasteiger partial charge >= 0.3 is 0 Å². The maximum atomic E-state index is 11.8. The second-order valence-electron chi connectivity index (χ2n) is 5.73. The number of hydrogen-bond donors (Lipinski definition) is 2. The fourth-order valence-electron chi connectivity index (χ4n) is 2.81. The van der Waals surface area contributed by atoms with E-state index in [1.807, 2.05) is 12.1 Å². The zero-order valence-electron chi connectivity index (χ0n) is 13.0. The van der Waals surface area contributed by atoms with E-state index in [0.717, 1.165) is 37.9 Å². The van der Waals surface area contributed by atoms with Crippen molar-refractivity contribution in [2.45, 2.75) is 58.0 Å². The third-order valence-electron chi connectivity index (χ3n) is 4.20. The van der Waals surface area contributed by atoms with Gasteiger partial charge in [0.15, 0.2) is 6.61 Å². The molecule has 1 aliphatic rings. The first-order chi connectivity index (χ1) is 10.1. The summed E-state index contributed by atoms with van der Waals surface area (Å²) in [6.07, 6.45) is 5.13. The minimum Gasteiger partial charge on any atom is -0.484 e. The molecular weight excluding hydrogens is 264 g/mol. The van der Waals surface area contributed by atoms with Gasteiger partial charge in [-0.3, -0.25) is 4.79 Å². The number of benzene rings is 1. The Balaban J connectivity index is 1.92. The molecule has 0 spiro atoms. The summed E-state index contributed by atoms with van der Waals surface area (Å²) in [5, 5.41) is 2.97. The summed E-state index contributed by atoms with van der Waals surface area (Å²) in [6.45, 7) is 4.20. The number of rotatable bonds is 6. The molecule has 4 heteroatoms. The number of carbonyl (C=O) groups is 1. The van der Waals surface area contributed by atoms with Gasteiger partial charge in [-0.25, -0.2) is 0 Å². The van der Waals surface area contributed by atoms with Crippen LogP contribution in [0.5, 0.6) is 5.75 Å². The number of ether oxygens (including phenoxy) is 1. The molecule has 0 radical (unpaired) electrons. The van der Waals surface area contributed by atoms with Gasteiger partial charge in [0.05, 0.1) is 0 Å². The van der Waals surface area contributed by atoms with Crippen LogP contribution in [0.15, 0.2) is 18.2 Å². The lowest BCUT2D eigenvalue weighted by Crippen LogP contribution is -2.37. The second-order valence-corrected chi connectivity index (χ2v) is 5.73. The van der Waals surface area contributed by atoms with E-state index in [1.165, 1.54) is 11.1 Å². The van der Waals surface area contributed by atoms with Crippen LogP contribution in [0, 0.1) is 0 Å². The van der Waals surface area contributed by atoms with Crippen molar-refractivity contribution >= 4 is 5.91 Å². The normalized spacial score (nSPS) is 17.4. The molecule has 0 heterocycles. The average Bonchev–Trinajstić information content (AvgIpc) is 2.51. The topological polar surface area (TPSA) is 64.3 Å². The molecule has 3 N–H and O–H groups in total. The van der Waals surface area contributed by atoms with Crippen molar-refractivity contribution in [2.24, 2.45) is 5.73 Å². The maximum absolute atomic E-state index is 11.8. The number of hydrogen-bond acceptors (Lipinski definition) is 3. The summed E-state index contributed by atoms with van der Waals surface area (Å²) in [7, 11) is 0. The molecule has 0 aromatic heterocycles. The van der Waals surface area contributed by atoms with E-state index in [-0.39, 0.29) is 24.6 Å². The fourth-order valence-corrected chi connectivity index (χ4v) is 2.81. The van der Waals surface area contributed by atoms with Crippen molar-refractivity contribution in [3.05, 3.63) is 29.3 Å². The van der Waals surface area contributed by atoms with Gasteiger partial charge in [0, 0.05) is 12.1 Å². The summed E-state index contributed by atoms with van der Waals surface area (Å²) >= 11 is 0. The molecule has 0 saturated heterocycles. The van der Waals surface area contributed by atoms with E-state index in [9.17, 15) is 4.79 Å². The van der Waals surface area contributed by atoms with Crippen molar-refractivity contribution in [1.29, 1.82) is 0 Å². The molecule has 0 fully saturated rings. The van der Waals surface area contributed by atoms with Crippen molar-refractivity contribution in [2.75, 3.05) is 6.61 Å². The predicted molar refractivity (Wildman–Crippen MR) is 84.3 cm³/mol. The van der Waals surface area contributed by atoms with E-state index >= 15 is 0 Å². The average molecular weight is 290 g/mol. The van der Waals surface area contributed by atoms with Crippen molar-refractivity contribution in [3.8, 4) is 5.75 Å². The minimum absolute atomic E-state index is 0.0600. The highest BCUT2D eigenvalue weighted by atomic mass is 16.5. The van der Waals surface area contributed by atoms with Crippen molar-refractivity contribution in [1.82, 2.24) is 5.32 Å². The standard InChI is InChI=1S/C17H26N2O2/c1-3-13(4-2)19-17(20)11-21-14-9-8-12-6-5-7-16(18)15(12)10-14/h8-10,13,16H,3-7,11,18H2,1-2H3,(H,19,20)/t16-/m0/s1. The lowest BCUT2D eigenvalue weighted by atomic mass is 9.88. The summed E-state index contributed by atoms with van der Waals surface area (Å²) < 4.78 is 5.60. The highest BCUT2D eigenvalue weighted by Crippen LogP contribution is 2.30. The monoisotopic (exact) mass is 290 g/mol. The Morgan fingerprint density at radius 2 is 2.19 bits per heavy atom. The van der Waals surface area contributed by atoms with Crippen LogP contribution < -0.4 is 15.8 Å². The van der Waals surface area contributed by atoms with E-state index in [1.54, 1.807) is 0 Å². The van der Waals surface area contributed by atoms with Gasteiger partial charge in [-0.1, -0.05) is 19.9 Å². The molecule has 1 atom stereocenters. The third-order valence-corrected chi connectivity index (χ3v) is 4.20. The molecule has 0 bridgehead atoms. The highest BCUT2D eigenvalue weighted by Gasteiger charge is 2.17. The zero-order valence-corrected chi connectivity index (χ0v) is 13.0. The van der Waals surface area contributed by atoms with Gasteiger partial charge in [-0.2, -0.15) is 0 Å². The van der Waals surface area contributed by atoms with Crippen LogP contribution in [0.4, 0.5) is 0 Å². The van der Waals surface area contributed by atoms with Gasteiger partial charge in [-0.05, 0) is 55.4 Å². The van der Waals surface area contributed by atoms with Crippen LogP contribution in [0.25, 0.3) is 0 Å². The lowest BCUT2D eigenvalue weighted by Gasteiger charge is -2.23. The van der Waals surface area contributed by atoms with Crippen LogP contribution in [-0.2, 0) is 11.2 Å². The van der Waals surface area contributed by atoms with Gasteiger partial charge in [-0.15, -0.1) is 0 Å². The van der Waals surface area contributed by atoms with Crippen molar-refractivity contribution in [3.63, 3.8) is 0 Å². The SMILES string of the molecule is CCC(CC)NC(=O)COc1ccc2c(c1)[C@@H](N)CCC2. The van der Waals surface area contributed by atoms with E-state index in [2.05, 4.69) is 25.2 Å². The first-order valence-corrected chi connectivity index (χ1v) is 7.94. The molecule has 1 aromatic carbocycles. The van der Waals surface area contributed by atoms with Crippen LogP contribution in [0.3, 0.4) is 0 Å². The van der Waals surface area contributed by atoms with Crippen LogP contribution in [0.2, 0.25) is 0 Å². The quantitative estimate of drug-likeness (QED) is 0.846. The Kier molecular flexibility index (Phi) is 5.62. The Hall–Kier alpha value is -1.55. The summed E-state index contributed by atoms with van der Waals surface area (Å²) in [5.74, 6) is 0.663. The molecule has 116 valence electrons. The first-order valence-electron chi connectivity index (χ1n) is 7.94. The molecule has 1 aromatic rings. The van der Waals surface area contributed by atoms with Crippen LogP contribution in [-0.4, -0.2) is 18.6 Å². The van der Waals surface area contributed by atoms with Gasteiger partial charge < -0.3 is 15.8 Å². The van der Waals surface area contributed by atoms with Crippen LogP contribution >= 0.6 is 0 Å². The van der Waals surface area contributed by atoms with Crippen molar-refractivity contribution < 1.29 is 9.53 Å². The molecule has 0 saturated carbocycles. The Morgan fingerprint density at radius 3 is 2.90 bits per heavy atom. The molecular formula is C17H26N2O2. The molecule has 4 nitrogen and oxygen atoms in total. The van der Waals surface area contributed by atoms with E-state index < -0.39 is 0 Å².